The van der Waals surface area contributed by atoms with E-state index < -0.39 is 5.92 Å². The second-order valence-electron chi connectivity index (χ2n) is 8.24. The number of nitrogens with two attached hydrogens (primary N) is 1. The minimum atomic E-state index is -0.683. The lowest BCUT2D eigenvalue weighted by Gasteiger charge is -2.37. The third-order valence-corrected chi connectivity index (χ3v) is 5.78. The van der Waals surface area contributed by atoms with Gasteiger partial charge in [-0.2, -0.15) is 10.4 Å². The molecule has 1 atom stereocenters. The molecule has 0 saturated carbocycles. The fourth-order valence-electron chi connectivity index (χ4n) is 4.15. The summed E-state index contributed by atoms with van der Waals surface area (Å²) in [4.78, 5) is 13.1. The van der Waals surface area contributed by atoms with Crippen LogP contribution in [0.3, 0.4) is 0 Å². The summed E-state index contributed by atoms with van der Waals surface area (Å²) in [5, 5.41) is 14.7. The second-order valence-corrected chi connectivity index (χ2v) is 8.60. The molecule has 148 valence electrons. The Morgan fingerprint density at radius 2 is 2.00 bits per heavy atom. The number of ketones is 1. The minimum Gasteiger partial charge on any atom is -0.444 e. The van der Waals surface area contributed by atoms with Crippen LogP contribution in [0.15, 0.2) is 53.1 Å². The van der Waals surface area contributed by atoms with E-state index in [1.807, 2.05) is 51.1 Å². The molecule has 29 heavy (non-hydrogen) atoms. The number of hydrogen-bond donors (Lipinski definition) is 1. The zero-order valence-electron chi connectivity index (χ0n) is 16.5. The fraction of sp³-hybridized carbons (Fsp3) is 0.318. The summed E-state index contributed by atoms with van der Waals surface area (Å²) in [6.45, 7) is 5.84. The van der Waals surface area contributed by atoms with Gasteiger partial charge in [-0.25, -0.2) is 4.68 Å². The number of Topliss-reactive ketones (excluding diaryl/α,β-unsaturated/α-hetero) is 1. The van der Waals surface area contributed by atoms with E-state index >= 15 is 0 Å². The Morgan fingerprint density at radius 1 is 1.31 bits per heavy atom. The van der Waals surface area contributed by atoms with Gasteiger partial charge in [0.05, 0.1) is 17.3 Å². The van der Waals surface area contributed by atoms with Crippen molar-refractivity contribution in [3.8, 4) is 11.8 Å². The predicted octanol–water partition coefficient (Wildman–Crippen LogP) is 4.29. The van der Waals surface area contributed by atoms with Crippen LogP contribution < -0.4 is 5.73 Å². The van der Waals surface area contributed by atoms with Crippen LogP contribution in [-0.4, -0.2) is 15.6 Å². The number of carbonyl (C=O) groups excluding carboxylic acids is 1. The number of hydrogen-bond acceptors (Lipinski definition) is 5. The number of nitrogens with zero attached hydrogens (tertiary/aromatic N) is 3. The molecular formula is C22H21ClN4O2. The first-order valence-corrected chi connectivity index (χ1v) is 9.75. The van der Waals surface area contributed by atoms with Crippen molar-refractivity contribution < 1.29 is 9.53 Å². The Balaban J connectivity index is 1.94. The number of aryl methyl sites for hydroxylation is 1. The van der Waals surface area contributed by atoms with Gasteiger partial charge in [0.15, 0.2) is 5.78 Å². The summed E-state index contributed by atoms with van der Waals surface area (Å²) in [5.41, 5.74) is 8.55. The third-order valence-electron chi connectivity index (χ3n) is 5.41. The highest BCUT2D eigenvalue weighted by atomic mass is 35.5. The van der Waals surface area contributed by atoms with E-state index in [1.165, 1.54) is 0 Å². The van der Waals surface area contributed by atoms with Crippen LogP contribution in [0.4, 0.5) is 0 Å². The number of aromatic nitrogens is 2. The number of nitriles is 1. The van der Waals surface area contributed by atoms with E-state index in [2.05, 4.69) is 11.2 Å². The molecule has 7 heteroatoms. The van der Waals surface area contributed by atoms with Crippen LogP contribution in [0, 0.1) is 23.7 Å². The van der Waals surface area contributed by atoms with Gasteiger partial charge in [0.2, 0.25) is 5.88 Å². The number of carbonyl (C=O) groups is 1. The summed E-state index contributed by atoms with van der Waals surface area (Å²) < 4.78 is 7.36. The van der Waals surface area contributed by atoms with E-state index in [1.54, 1.807) is 4.68 Å². The first-order valence-electron chi connectivity index (χ1n) is 9.38. The maximum Gasteiger partial charge on any atom is 0.205 e. The van der Waals surface area contributed by atoms with Crippen LogP contribution in [0.5, 0.6) is 0 Å². The highest BCUT2D eigenvalue weighted by Gasteiger charge is 2.44. The molecule has 1 aliphatic heterocycles. The Hall–Kier alpha value is -3.04. The van der Waals surface area contributed by atoms with Crippen molar-refractivity contribution in [3.63, 3.8) is 0 Å². The molecule has 1 aromatic heterocycles. The van der Waals surface area contributed by atoms with E-state index in [-0.39, 0.29) is 22.7 Å². The normalized spacial score (nSPS) is 20.9. The average Bonchev–Trinajstić information content (AvgIpc) is 2.94. The number of allylic oxidation sites excluding steroid dienone is 3. The minimum absolute atomic E-state index is 0.0182. The van der Waals surface area contributed by atoms with Crippen LogP contribution >= 0.6 is 11.6 Å². The largest absolute Gasteiger partial charge is 0.444 e. The first kappa shape index (κ1) is 19.3. The standard InChI is InChI=1S/C22H21ClN4O2/c1-12-17(20(23)27(26-12)13-7-5-4-6-8-13)18-14(11-24)21(25)29-16-10-22(2,3)9-15(28)19(16)18/h4-8,18H,9-10,25H2,1-3H3/t18-/m1/s1. The lowest BCUT2D eigenvalue weighted by atomic mass is 9.70. The zero-order chi connectivity index (χ0) is 20.9. The topological polar surface area (TPSA) is 93.9 Å². The van der Waals surface area contributed by atoms with Gasteiger partial charge in [0, 0.05) is 24.0 Å². The van der Waals surface area contributed by atoms with Gasteiger partial charge in [-0.3, -0.25) is 4.79 Å². The van der Waals surface area contributed by atoms with Crippen LogP contribution in [0.2, 0.25) is 5.15 Å². The van der Waals surface area contributed by atoms with Gasteiger partial charge < -0.3 is 10.5 Å². The summed E-state index contributed by atoms with van der Waals surface area (Å²) in [6.07, 6.45) is 0.932. The van der Waals surface area contributed by atoms with E-state index in [4.69, 9.17) is 22.1 Å². The quantitative estimate of drug-likeness (QED) is 0.800. The maximum atomic E-state index is 13.1. The van der Waals surface area contributed by atoms with E-state index in [0.29, 0.717) is 40.6 Å². The maximum absolute atomic E-state index is 13.1. The highest BCUT2D eigenvalue weighted by Crippen LogP contribution is 2.49. The van der Waals surface area contributed by atoms with Crippen LogP contribution in [0.25, 0.3) is 5.69 Å². The smallest absolute Gasteiger partial charge is 0.205 e. The van der Waals surface area contributed by atoms with Crippen molar-refractivity contribution in [2.75, 3.05) is 0 Å². The van der Waals surface area contributed by atoms with Gasteiger partial charge in [0.25, 0.3) is 0 Å². The van der Waals surface area contributed by atoms with Gasteiger partial charge >= 0.3 is 0 Å². The molecule has 0 saturated heterocycles. The number of ether oxygens (including phenoxy) is 1. The van der Waals surface area contributed by atoms with Gasteiger partial charge in [-0.1, -0.05) is 43.6 Å². The molecule has 0 unspecified atom stereocenters. The lowest BCUT2D eigenvalue weighted by molar-refractivity contribution is -0.119. The molecule has 2 aliphatic rings. The molecule has 1 aromatic carbocycles. The predicted molar refractivity (Wildman–Crippen MR) is 109 cm³/mol. The Bertz CT molecular complexity index is 1120. The summed E-state index contributed by atoms with van der Waals surface area (Å²) in [7, 11) is 0. The molecule has 2 heterocycles. The average molecular weight is 409 g/mol. The van der Waals surface area contributed by atoms with Crippen LogP contribution in [-0.2, 0) is 9.53 Å². The molecule has 0 amide bonds. The molecule has 1 aliphatic carbocycles. The fourth-order valence-corrected chi connectivity index (χ4v) is 4.53. The van der Waals surface area contributed by atoms with Crippen molar-refractivity contribution in [2.24, 2.45) is 11.1 Å². The first-order chi connectivity index (χ1) is 13.7. The summed E-state index contributed by atoms with van der Waals surface area (Å²) in [5.74, 6) is -0.193. The Labute approximate surface area is 174 Å². The number of halogens is 1. The second kappa shape index (κ2) is 6.78. The van der Waals surface area contributed by atoms with Gasteiger partial charge in [-0.15, -0.1) is 0 Å². The number of benzene rings is 1. The molecule has 6 nitrogen and oxygen atoms in total. The van der Waals surface area contributed by atoms with E-state index in [0.717, 1.165) is 5.69 Å². The molecule has 2 N–H and O–H groups in total. The molecular weight excluding hydrogens is 388 g/mol. The molecule has 2 aromatic rings. The lowest BCUT2D eigenvalue weighted by Crippen LogP contribution is -2.33. The van der Waals surface area contributed by atoms with Crippen molar-refractivity contribution in [2.45, 2.75) is 39.5 Å². The van der Waals surface area contributed by atoms with Crippen molar-refractivity contribution in [1.82, 2.24) is 9.78 Å². The van der Waals surface area contributed by atoms with Crippen molar-refractivity contribution in [3.05, 3.63) is 69.5 Å². The molecule has 0 bridgehead atoms. The molecule has 0 radical (unpaired) electrons. The van der Waals surface area contributed by atoms with Crippen molar-refractivity contribution >= 4 is 17.4 Å². The molecule has 0 fully saturated rings. The summed E-state index contributed by atoms with van der Waals surface area (Å²) >= 11 is 6.76. The third kappa shape index (κ3) is 3.12. The zero-order valence-corrected chi connectivity index (χ0v) is 17.2. The Kier molecular flexibility index (Phi) is 4.51. The SMILES string of the molecule is Cc1nn(-c2ccccc2)c(Cl)c1[C@H]1C(C#N)=C(N)OC2=C1C(=O)CC(C)(C)C2. The van der Waals surface area contributed by atoms with Crippen molar-refractivity contribution in [1.29, 1.82) is 5.26 Å². The molecule has 4 rings (SSSR count). The highest BCUT2D eigenvalue weighted by molar-refractivity contribution is 6.31. The summed E-state index contributed by atoms with van der Waals surface area (Å²) in [6, 6.07) is 11.6. The monoisotopic (exact) mass is 408 g/mol. The van der Waals surface area contributed by atoms with Crippen LogP contribution in [0.1, 0.15) is 43.9 Å². The van der Waals surface area contributed by atoms with E-state index in [9.17, 15) is 10.1 Å². The molecule has 0 spiro atoms. The van der Waals surface area contributed by atoms with Gasteiger partial charge in [0.1, 0.15) is 22.6 Å². The number of rotatable bonds is 2. The van der Waals surface area contributed by atoms with Gasteiger partial charge in [-0.05, 0) is 24.5 Å². The number of para-hydroxylation sites is 1. The Morgan fingerprint density at radius 3 is 2.66 bits per heavy atom.